The monoisotopic (exact) mass is 267 g/mol. The normalized spacial score (nSPS) is 13.8. The lowest BCUT2D eigenvalue weighted by Gasteiger charge is -2.41. The van der Waals surface area contributed by atoms with E-state index < -0.39 is 11.6 Å². The fourth-order valence-corrected chi connectivity index (χ4v) is 2.23. The molecule has 1 atom stereocenters. The number of hydrogen-bond acceptors (Lipinski definition) is 4. The molecular formula is C15H25NO3. The first-order valence-corrected chi connectivity index (χ1v) is 6.71. The second kappa shape index (κ2) is 7.60. The SMILES string of the molecule is CC(C)(C(O)Cc1ccccc1)N(CCO)CCO. The maximum Gasteiger partial charge on any atom is 0.0758 e. The topological polar surface area (TPSA) is 63.9 Å². The zero-order chi connectivity index (χ0) is 14.3. The molecule has 0 radical (unpaired) electrons. The maximum atomic E-state index is 10.4. The van der Waals surface area contributed by atoms with E-state index in [2.05, 4.69) is 0 Å². The molecule has 4 heteroatoms. The minimum atomic E-state index is -0.562. The second-order valence-electron chi connectivity index (χ2n) is 5.29. The summed E-state index contributed by atoms with van der Waals surface area (Å²) in [6.07, 6.45) is -0.00529. The van der Waals surface area contributed by atoms with Gasteiger partial charge in [0.1, 0.15) is 0 Å². The fourth-order valence-electron chi connectivity index (χ4n) is 2.23. The lowest BCUT2D eigenvalue weighted by atomic mass is 9.90. The van der Waals surface area contributed by atoms with E-state index in [4.69, 9.17) is 10.2 Å². The van der Waals surface area contributed by atoms with Gasteiger partial charge < -0.3 is 15.3 Å². The summed E-state index contributed by atoms with van der Waals surface area (Å²) in [6.45, 7) is 4.79. The van der Waals surface area contributed by atoms with E-state index in [1.54, 1.807) is 0 Å². The Kier molecular flexibility index (Phi) is 6.45. The van der Waals surface area contributed by atoms with Gasteiger partial charge in [0, 0.05) is 25.0 Å². The highest BCUT2D eigenvalue weighted by molar-refractivity contribution is 5.16. The van der Waals surface area contributed by atoms with Gasteiger partial charge in [-0.25, -0.2) is 0 Å². The summed E-state index contributed by atoms with van der Waals surface area (Å²) in [6, 6.07) is 9.83. The number of benzene rings is 1. The lowest BCUT2D eigenvalue weighted by Crippen LogP contribution is -2.55. The summed E-state index contributed by atoms with van der Waals surface area (Å²) in [5.41, 5.74) is 0.581. The number of aliphatic hydroxyl groups excluding tert-OH is 3. The van der Waals surface area contributed by atoms with Crippen LogP contribution in [-0.2, 0) is 6.42 Å². The highest BCUT2D eigenvalue weighted by Crippen LogP contribution is 2.21. The third-order valence-corrected chi connectivity index (χ3v) is 3.64. The Hall–Kier alpha value is -0.940. The van der Waals surface area contributed by atoms with Gasteiger partial charge in [-0.2, -0.15) is 0 Å². The number of hydrogen-bond donors (Lipinski definition) is 3. The van der Waals surface area contributed by atoms with Crippen LogP contribution in [0.15, 0.2) is 30.3 Å². The minimum Gasteiger partial charge on any atom is -0.395 e. The summed E-state index contributed by atoms with van der Waals surface area (Å²) < 4.78 is 0. The highest BCUT2D eigenvalue weighted by Gasteiger charge is 2.33. The van der Waals surface area contributed by atoms with Crippen LogP contribution in [0.25, 0.3) is 0 Å². The number of nitrogens with zero attached hydrogens (tertiary/aromatic N) is 1. The van der Waals surface area contributed by atoms with Crippen LogP contribution in [0.3, 0.4) is 0 Å². The van der Waals surface area contributed by atoms with Gasteiger partial charge in [-0.1, -0.05) is 30.3 Å². The first-order valence-electron chi connectivity index (χ1n) is 6.71. The van der Waals surface area contributed by atoms with Crippen molar-refractivity contribution >= 4 is 0 Å². The molecule has 4 nitrogen and oxygen atoms in total. The van der Waals surface area contributed by atoms with Gasteiger partial charge in [0.2, 0.25) is 0 Å². The quantitative estimate of drug-likeness (QED) is 0.647. The molecule has 1 unspecified atom stereocenters. The predicted molar refractivity (Wildman–Crippen MR) is 76.0 cm³/mol. The van der Waals surface area contributed by atoms with Crippen molar-refractivity contribution in [3.8, 4) is 0 Å². The van der Waals surface area contributed by atoms with Gasteiger partial charge in [-0.05, 0) is 19.4 Å². The number of β-amino-alcohol motifs (C(OH)–C–C–N with tert-alkyl or cyclic N) is 2. The molecule has 0 heterocycles. The highest BCUT2D eigenvalue weighted by atomic mass is 16.3. The van der Waals surface area contributed by atoms with Crippen molar-refractivity contribution in [3.05, 3.63) is 35.9 Å². The van der Waals surface area contributed by atoms with Crippen molar-refractivity contribution in [3.63, 3.8) is 0 Å². The Morgan fingerprint density at radius 2 is 1.58 bits per heavy atom. The van der Waals surface area contributed by atoms with E-state index in [0.29, 0.717) is 19.5 Å². The van der Waals surface area contributed by atoms with E-state index in [-0.39, 0.29) is 13.2 Å². The molecule has 0 spiro atoms. The molecule has 1 aromatic carbocycles. The summed E-state index contributed by atoms with van der Waals surface area (Å²) in [4.78, 5) is 1.92. The van der Waals surface area contributed by atoms with Crippen molar-refractivity contribution in [2.75, 3.05) is 26.3 Å². The maximum absolute atomic E-state index is 10.4. The molecule has 0 aromatic heterocycles. The zero-order valence-corrected chi connectivity index (χ0v) is 11.8. The molecule has 3 N–H and O–H groups in total. The van der Waals surface area contributed by atoms with Gasteiger partial charge in [0.15, 0.2) is 0 Å². The van der Waals surface area contributed by atoms with Gasteiger partial charge in [0.05, 0.1) is 19.3 Å². The van der Waals surface area contributed by atoms with Crippen molar-refractivity contribution in [1.82, 2.24) is 4.90 Å². The van der Waals surface area contributed by atoms with Crippen molar-refractivity contribution in [1.29, 1.82) is 0 Å². The Labute approximate surface area is 115 Å². The van der Waals surface area contributed by atoms with Crippen LogP contribution in [0.4, 0.5) is 0 Å². The molecule has 0 aliphatic carbocycles. The molecule has 0 aliphatic heterocycles. The van der Waals surface area contributed by atoms with E-state index in [0.717, 1.165) is 5.56 Å². The van der Waals surface area contributed by atoms with Crippen LogP contribution in [0, 0.1) is 0 Å². The standard InChI is InChI=1S/C15H25NO3/c1-15(2,16(8-10-17)9-11-18)14(19)12-13-6-4-3-5-7-13/h3-7,14,17-19H,8-12H2,1-2H3. The van der Waals surface area contributed by atoms with Crippen LogP contribution in [0.2, 0.25) is 0 Å². The molecule has 0 aliphatic rings. The van der Waals surface area contributed by atoms with Crippen molar-refractivity contribution in [2.45, 2.75) is 31.9 Å². The van der Waals surface area contributed by atoms with Crippen molar-refractivity contribution < 1.29 is 15.3 Å². The van der Waals surface area contributed by atoms with Gasteiger partial charge in [-0.15, -0.1) is 0 Å². The first-order chi connectivity index (χ1) is 9.02. The van der Waals surface area contributed by atoms with Crippen LogP contribution >= 0.6 is 0 Å². The summed E-state index contributed by atoms with van der Waals surface area (Å²) in [7, 11) is 0. The van der Waals surface area contributed by atoms with Gasteiger partial charge >= 0.3 is 0 Å². The van der Waals surface area contributed by atoms with Gasteiger partial charge in [-0.3, -0.25) is 4.90 Å². The first kappa shape index (κ1) is 16.1. The van der Waals surface area contributed by atoms with E-state index >= 15 is 0 Å². The summed E-state index contributed by atoms with van der Waals surface area (Å²) >= 11 is 0. The van der Waals surface area contributed by atoms with Crippen LogP contribution in [0.1, 0.15) is 19.4 Å². The zero-order valence-electron chi connectivity index (χ0n) is 11.8. The molecule has 1 aromatic rings. The van der Waals surface area contributed by atoms with Crippen LogP contribution in [0.5, 0.6) is 0 Å². The molecule has 1 rings (SSSR count). The largest absolute Gasteiger partial charge is 0.395 e. The average molecular weight is 267 g/mol. The molecule has 0 saturated carbocycles. The number of aliphatic hydroxyl groups is 3. The molecule has 108 valence electrons. The number of rotatable bonds is 8. The second-order valence-corrected chi connectivity index (χ2v) is 5.29. The lowest BCUT2D eigenvalue weighted by molar-refractivity contribution is -0.0231. The third-order valence-electron chi connectivity index (χ3n) is 3.64. The fraction of sp³-hybridized carbons (Fsp3) is 0.600. The molecule has 0 bridgehead atoms. The Morgan fingerprint density at radius 3 is 2.05 bits per heavy atom. The third kappa shape index (κ3) is 4.58. The molecule has 0 saturated heterocycles. The molecule has 19 heavy (non-hydrogen) atoms. The van der Waals surface area contributed by atoms with Gasteiger partial charge in [0.25, 0.3) is 0 Å². The minimum absolute atomic E-state index is 0.0154. The van der Waals surface area contributed by atoms with E-state index in [1.165, 1.54) is 0 Å². The van der Waals surface area contributed by atoms with Crippen LogP contribution < -0.4 is 0 Å². The van der Waals surface area contributed by atoms with E-state index in [9.17, 15) is 5.11 Å². The molecule has 0 amide bonds. The van der Waals surface area contributed by atoms with Crippen molar-refractivity contribution in [2.24, 2.45) is 0 Å². The Bertz CT molecular complexity index is 348. The smallest absolute Gasteiger partial charge is 0.0758 e. The summed E-state index contributed by atoms with van der Waals surface area (Å²) in [5.74, 6) is 0. The average Bonchev–Trinajstić information content (AvgIpc) is 2.39. The predicted octanol–water partition coefficient (Wildman–Crippen LogP) is 0.655. The summed E-state index contributed by atoms with van der Waals surface area (Å²) in [5, 5.41) is 28.6. The molecular weight excluding hydrogens is 242 g/mol. The van der Waals surface area contributed by atoms with Crippen LogP contribution in [-0.4, -0.2) is 58.2 Å². The Morgan fingerprint density at radius 1 is 1.05 bits per heavy atom. The Balaban J connectivity index is 2.73. The van der Waals surface area contributed by atoms with E-state index in [1.807, 2.05) is 49.1 Å². The molecule has 0 fully saturated rings.